The maximum Gasteiger partial charge on any atom is 0.262 e. The SMILES string of the molecule is CCCNC(=O)C(C)Sc1nc2ccccc2c(=O)n1CCCO. The summed E-state index contributed by atoms with van der Waals surface area (Å²) in [6.45, 7) is 4.80. The van der Waals surface area contributed by atoms with Crippen LogP contribution in [0.4, 0.5) is 0 Å². The van der Waals surface area contributed by atoms with E-state index in [-0.39, 0.29) is 23.3 Å². The van der Waals surface area contributed by atoms with Crippen LogP contribution in [-0.4, -0.2) is 39.0 Å². The van der Waals surface area contributed by atoms with Crippen LogP contribution in [0.2, 0.25) is 0 Å². The molecule has 0 aliphatic carbocycles. The Morgan fingerprint density at radius 2 is 2.17 bits per heavy atom. The first-order chi connectivity index (χ1) is 11.6. The van der Waals surface area contributed by atoms with E-state index in [1.807, 2.05) is 13.0 Å². The zero-order valence-corrected chi connectivity index (χ0v) is 14.8. The second-order valence-electron chi connectivity index (χ2n) is 5.50. The van der Waals surface area contributed by atoms with Gasteiger partial charge in [0.15, 0.2) is 5.16 Å². The van der Waals surface area contributed by atoms with E-state index < -0.39 is 0 Å². The minimum absolute atomic E-state index is 0.00405. The number of benzene rings is 1. The highest BCUT2D eigenvalue weighted by molar-refractivity contribution is 8.00. The van der Waals surface area contributed by atoms with Crippen LogP contribution in [0.25, 0.3) is 10.9 Å². The highest BCUT2D eigenvalue weighted by atomic mass is 32.2. The molecule has 1 aromatic carbocycles. The normalized spacial score (nSPS) is 12.3. The second kappa shape index (κ2) is 8.84. The van der Waals surface area contributed by atoms with Gasteiger partial charge in [0.25, 0.3) is 5.56 Å². The van der Waals surface area contributed by atoms with Gasteiger partial charge in [0.2, 0.25) is 5.91 Å². The molecule has 0 radical (unpaired) electrons. The van der Waals surface area contributed by atoms with E-state index in [9.17, 15) is 9.59 Å². The predicted octanol–water partition coefficient (Wildman–Crippen LogP) is 1.79. The van der Waals surface area contributed by atoms with Gasteiger partial charge in [-0.05, 0) is 31.9 Å². The summed E-state index contributed by atoms with van der Waals surface area (Å²) in [5.41, 5.74) is 0.476. The summed E-state index contributed by atoms with van der Waals surface area (Å²) in [6, 6.07) is 7.17. The summed E-state index contributed by atoms with van der Waals surface area (Å²) in [5, 5.41) is 12.6. The topological polar surface area (TPSA) is 84.2 Å². The lowest BCUT2D eigenvalue weighted by atomic mass is 10.2. The maximum atomic E-state index is 12.7. The molecule has 0 spiro atoms. The van der Waals surface area contributed by atoms with Crippen LogP contribution in [0.15, 0.2) is 34.2 Å². The molecule has 1 unspecified atom stereocenters. The van der Waals surface area contributed by atoms with Gasteiger partial charge < -0.3 is 10.4 Å². The molecule has 1 heterocycles. The van der Waals surface area contributed by atoms with Gasteiger partial charge in [0.05, 0.1) is 16.2 Å². The summed E-state index contributed by atoms with van der Waals surface area (Å²) in [7, 11) is 0. The molecule has 130 valence electrons. The molecule has 7 heteroatoms. The molecule has 0 aliphatic rings. The first-order valence-electron chi connectivity index (χ1n) is 8.13. The average molecular weight is 349 g/mol. The molecule has 0 fully saturated rings. The summed E-state index contributed by atoms with van der Waals surface area (Å²) >= 11 is 1.27. The van der Waals surface area contributed by atoms with Crippen molar-refractivity contribution in [2.45, 2.75) is 43.6 Å². The lowest BCUT2D eigenvalue weighted by Gasteiger charge is -2.16. The Morgan fingerprint density at radius 1 is 1.42 bits per heavy atom. The molecule has 0 bridgehead atoms. The zero-order valence-electron chi connectivity index (χ0n) is 14.0. The van der Waals surface area contributed by atoms with Crippen LogP contribution in [0.3, 0.4) is 0 Å². The molecule has 0 saturated carbocycles. The van der Waals surface area contributed by atoms with Gasteiger partial charge in [-0.2, -0.15) is 0 Å². The van der Waals surface area contributed by atoms with Crippen molar-refractivity contribution in [1.29, 1.82) is 0 Å². The minimum atomic E-state index is -0.356. The molecule has 1 amide bonds. The Hall–Kier alpha value is -1.86. The van der Waals surface area contributed by atoms with Crippen molar-refractivity contribution < 1.29 is 9.90 Å². The van der Waals surface area contributed by atoms with Crippen molar-refractivity contribution in [2.75, 3.05) is 13.2 Å². The number of fused-ring (bicyclic) bond motifs is 1. The minimum Gasteiger partial charge on any atom is -0.396 e. The Balaban J connectivity index is 2.36. The van der Waals surface area contributed by atoms with Gasteiger partial charge in [0.1, 0.15) is 0 Å². The Bertz CT molecular complexity index is 760. The average Bonchev–Trinajstić information content (AvgIpc) is 2.59. The van der Waals surface area contributed by atoms with E-state index in [1.54, 1.807) is 29.7 Å². The number of para-hydroxylation sites is 1. The number of aromatic nitrogens is 2. The predicted molar refractivity (Wildman–Crippen MR) is 96.3 cm³/mol. The summed E-state index contributed by atoms with van der Waals surface area (Å²) < 4.78 is 1.55. The summed E-state index contributed by atoms with van der Waals surface area (Å²) in [6.07, 6.45) is 1.34. The number of nitrogens with zero attached hydrogens (tertiary/aromatic N) is 2. The number of rotatable bonds is 8. The van der Waals surface area contributed by atoms with Gasteiger partial charge >= 0.3 is 0 Å². The van der Waals surface area contributed by atoms with Crippen molar-refractivity contribution in [3.05, 3.63) is 34.6 Å². The molecule has 1 atom stereocenters. The monoisotopic (exact) mass is 349 g/mol. The second-order valence-corrected chi connectivity index (χ2v) is 6.80. The van der Waals surface area contributed by atoms with E-state index in [0.29, 0.717) is 35.6 Å². The number of hydrogen-bond acceptors (Lipinski definition) is 5. The molecule has 2 aromatic rings. The number of hydrogen-bond donors (Lipinski definition) is 2. The quantitative estimate of drug-likeness (QED) is 0.561. The van der Waals surface area contributed by atoms with Crippen molar-refractivity contribution in [1.82, 2.24) is 14.9 Å². The molecule has 1 aromatic heterocycles. The fraction of sp³-hybridized carbons (Fsp3) is 0.471. The number of aliphatic hydroxyl groups is 1. The number of amides is 1. The maximum absolute atomic E-state index is 12.7. The number of carbonyl (C=O) groups is 1. The number of thioether (sulfide) groups is 1. The molecule has 2 N–H and O–H groups in total. The van der Waals surface area contributed by atoms with Gasteiger partial charge in [0, 0.05) is 19.7 Å². The molecule has 0 saturated heterocycles. The largest absolute Gasteiger partial charge is 0.396 e. The van der Waals surface area contributed by atoms with Crippen molar-refractivity contribution in [3.63, 3.8) is 0 Å². The van der Waals surface area contributed by atoms with Crippen molar-refractivity contribution in [2.24, 2.45) is 0 Å². The third-order valence-electron chi connectivity index (χ3n) is 3.57. The highest BCUT2D eigenvalue weighted by Crippen LogP contribution is 2.22. The summed E-state index contributed by atoms with van der Waals surface area (Å²) in [4.78, 5) is 29.4. The van der Waals surface area contributed by atoms with Gasteiger partial charge in [-0.15, -0.1) is 0 Å². The van der Waals surface area contributed by atoms with Crippen molar-refractivity contribution in [3.8, 4) is 0 Å². The number of carbonyl (C=O) groups excluding carboxylic acids is 1. The van der Waals surface area contributed by atoms with Gasteiger partial charge in [-0.1, -0.05) is 30.8 Å². The fourth-order valence-corrected chi connectivity index (χ4v) is 3.23. The molecule has 6 nitrogen and oxygen atoms in total. The fourth-order valence-electron chi connectivity index (χ4n) is 2.27. The lowest BCUT2D eigenvalue weighted by Crippen LogP contribution is -2.32. The molecule has 2 rings (SSSR count). The van der Waals surface area contributed by atoms with Crippen LogP contribution in [-0.2, 0) is 11.3 Å². The number of nitrogens with one attached hydrogen (secondary N) is 1. The lowest BCUT2D eigenvalue weighted by molar-refractivity contribution is -0.120. The third-order valence-corrected chi connectivity index (χ3v) is 4.66. The van der Waals surface area contributed by atoms with Crippen LogP contribution in [0.5, 0.6) is 0 Å². The van der Waals surface area contributed by atoms with Gasteiger partial charge in [-0.3, -0.25) is 14.2 Å². The highest BCUT2D eigenvalue weighted by Gasteiger charge is 2.18. The first-order valence-corrected chi connectivity index (χ1v) is 9.01. The Morgan fingerprint density at radius 3 is 2.88 bits per heavy atom. The van der Waals surface area contributed by atoms with Gasteiger partial charge in [-0.25, -0.2) is 4.98 Å². The number of aliphatic hydroxyl groups excluding tert-OH is 1. The van der Waals surface area contributed by atoms with E-state index >= 15 is 0 Å². The van der Waals surface area contributed by atoms with Crippen LogP contribution in [0.1, 0.15) is 26.7 Å². The van der Waals surface area contributed by atoms with E-state index in [0.717, 1.165) is 6.42 Å². The molecule has 24 heavy (non-hydrogen) atoms. The molecule has 0 aliphatic heterocycles. The molecular formula is C17H23N3O3S. The van der Waals surface area contributed by atoms with E-state index in [2.05, 4.69) is 10.3 Å². The third kappa shape index (κ3) is 4.36. The Labute approximate surface area is 145 Å². The van der Waals surface area contributed by atoms with Crippen LogP contribution in [0, 0.1) is 0 Å². The van der Waals surface area contributed by atoms with E-state index in [1.165, 1.54) is 11.8 Å². The molecular weight excluding hydrogens is 326 g/mol. The van der Waals surface area contributed by atoms with Crippen LogP contribution >= 0.6 is 11.8 Å². The van der Waals surface area contributed by atoms with E-state index in [4.69, 9.17) is 5.11 Å². The van der Waals surface area contributed by atoms with Crippen molar-refractivity contribution >= 4 is 28.6 Å². The smallest absolute Gasteiger partial charge is 0.262 e. The summed E-state index contributed by atoms with van der Waals surface area (Å²) in [5.74, 6) is -0.0713. The Kier molecular flexibility index (Phi) is 6.81. The standard InChI is InChI=1S/C17H23N3O3S/c1-3-9-18-15(22)12(2)24-17-19-14-8-5-4-7-13(14)16(23)20(17)10-6-11-21/h4-5,7-8,12,21H,3,6,9-11H2,1-2H3,(H,18,22). The van der Waals surface area contributed by atoms with Crippen LogP contribution < -0.4 is 10.9 Å². The zero-order chi connectivity index (χ0) is 17.5. The first kappa shape index (κ1) is 18.5.